The normalized spacial score (nSPS) is 15.1. The molecule has 0 aliphatic carbocycles. The number of carbonyl (C=O) groups is 2. The summed E-state index contributed by atoms with van der Waals surface area (Å²) in [6.07, 6.45) is 6.81. The maximum Gasteiger partial charge on any atom is 0.317 e. The first-order valence-electron chi connectivity index (χ1n) is 8.42. The van der Waals surface area contributed by atoms with Crippen molar-refractivity contribution < 1.29 is 14.7 Å². The van der Waals surface area contributed by atoms with Crippen molar-refractivity contribution in [2.24, 2.45) is 5.92 Å². The van der Waals surface area contributed by atoms with Gasteiger partial charge < -0.3 is 20.2 Å². The third kappa shape index (κ3) is 5.72. The fraction of sp³-hybridized carbons (Fsp3) is 0.588. The second-order valence-corrected chi connectivity index (χ2v) is 6.22. The van der Waals surface area contributed by atoms with Gasteiger partial charge in [0.05, 0.1) is 6.42 Å². The van der Waals surface area contributed by atoms with Crippen LogP contribution in [0.3, 0.4) is 0 Å². The second-order valence-electron chi connectivity index (χ2n) is 6.22. The van der Waals surface area contributed by atoms with Gasteiger partial charge in [-0.05, 0) is 37.3 Å². The Hall–Kier alpha value is -2.31. The van der Waals surface area contributed by atoms with Crippen molar-refractivity contribution in [3.8, 4) is 0 Å². The average molecular weight is 334 g/mol. The molecule has 2 amide bonds. The first-order chi connectivity index (χ1) is 11.6. The minimum Gasteiger partial charge on any atom is -0.481 e. The number of hydrogen-bond acceptors (Lipinski definition) is 4. The maximum absolute atomic E-state index is 11.8. The van der Waals surface area contributed by atoms with Crippen LogP contribution in [0.4, 0.5) is 10.5 Å². The number of aromatic nitrogens is 1. The Morgan fingerprint density at radius 2 is 2.00 bits per heavy atom. The molecule has 1 aliphatic rings. The van der Waals surface area contributed by atoms with Crippen molar-refractivity contribution in [2.75, 3.05) is 38.1 Å². The number of carboxylic acids is 1. The number of rotatable bonds is 7. The predicted octanol–water partition coefficient (Wildman–Crippen LogP) is 1.80. The van der Waals surface area contributed by atoms with E-state index in [0.29, 0.717) is 12.5 Å². The molecular formula is C17H26N4O3. The van der Waals surface area contributed by atoms with E-state index in [0.717, 1.165) is 32.4 Å². The van der Waals surface area contributed by atoms with E-state index in [1.807, 2.05) is 24.5 Å². The van der Waals surface area contributed by atoms with E-state index < -0.39 is 5.97 Å². The Kier molecular flexibility index (Phi) is 6.84. The lowest BCUT2D eigenvalue weighted by atomic mass is 9.93. The zero-order valence-electron chi connectivity index (χ0n) is 14.1. The van der Waals surface area contributed by atoms with Crippen LogP contribution in [0.5, 0.6) is 0 Å². The SMILES string of the molecule is CN(CCC1CCN(c2ccncc2)CC1)C(=O)NCCC(=O)O. The number of nitrogens with zero attached hydrogens (tertiary/aromatic N) is 3. The number of amides is 2. The number of anilines is 1. The van der Waals surface area contributed by atoms with Crippen molar-refractivity contribution in [3.63, 3.8) is 0 Å². The summed E-state index contributed by atoms with van der Waals surface area (Å²) < 4.78 is 0. The molecule has 0 saturated carbocycles. The number of aliphatic carboxylic acids is 1. The third-order valence-corrected chi connectivity index (χ3v) is 4.48. The molecule has 2 heterocycles. The van der Waals surface area contributed by atoms with Crippen molar-refractivity contribution in [1.29, 1.82) is 0 Å². The van der Waals surface area contributed by atoms with Gasteiger partial charge >= 0.3 is 12.0 Å². The molecule has 0 aromatic carbocycles. The van der Waals surface area contributed by atoms with Crippen molar-refractivity contribution >= 4 is 17.7 Å². The van der Waals surface area contributed by atoms with Crippen LogP contribution in [0.15, 0.2) is 24.5 Å². The number of carboxylic acid groups (broad SMARTS) is 1. The number of hydrogen-bond donors (Lipinski definition) is 2. The van der Waals surface area contributed by atoms with Crippen molar-refractivity contribution in [2.45, 2.75) is 25.7 Å². The minimum atomic E-state index is -0.904. The van der Waals surface area contributed by atoms with E-state index in [1.165, 1.54) is 5.69 Å². The van der Waals surface area contributed by atoms with E-state index in [2.05, 4.69) is 15.2 Å². The number of piperidine rings is 1. The van der Waals surface area contributed by atoms with Crippen LogP contribution in [0.25, 0.3) is 0 Å². The molecule has 24 heavy (non-hydrogen) atoms. The van der Waals surface area contributed by atoms with Crippen LogP contribution < -0.4 is 10.2 Å². The Labute approximate surface area is 142 Å². The molecule has 2 N–H and O–H groups in total. The molecule has 0 spiro atoms. The van der Waals surface area contributed by atoms with Crippen LogP contribution in [-0.4, -0.2) is 60.2 Å². The van der Waals surface area contributed by atoms with Gasteiger partial charge in [-0.15, -0.1) is 0 Å². The van der Waals surface area contributed by atoms with Crippen molar-refractivity contribution in [3.05, 3.63) is 24.5 Å². The maximum atomic E-state index is 11.8. The lowest BCUT2D eigenvalue weighted by Gasteiger charge is -2.34. The van der Waals surface area contributed by atoms with Crippen LogP contribution in [0, 0.1) is 5.92 Å². The minimum absolute atomic E-state index is 0.0486. The molecule has 7 nitrogen and oxygen atoms in total. The molecule has 7 heteroatoms. The number of nitrogens with one attached hydrogen (secondary N) is 1. The largest absolute Gasteiger partial charge is 0.481 e. The van der Waals surface area contributed by atoms with Gasteiger partial charge in [0.25, 0.3) is 0 Å². The fourth-order valence-corrected chi connectivity index (χ4v) is 2.92. The van der Waals surface area contributed by atoms with Gasteiger partial charge in [0.2, 0.25) is 0 Å². The Morgan fingerprint density at radius 1 is 1.33 bits per heavy atom. The van der Waals surface area contributed by atoms with E-state index in [9.17, 15) is 9.59 Å². The van der Waals surface area contributed by atoms with E-state index in [1.54, 1.807) is 11.9 Å². The summed E-state index contributed by atoms with van der Waals surface area (Å²) in [5.74, 6) is -0.281. The first-order valence-corrected chi connectivity index (χ1v) is 8.42. The van der Waals surface area contributed by atoms with Crippen LogP contribution >= 0.6 is 0 Å². The van der Waals surface area contributed by atoms with Crippen LogP contribution in [-0.2, 0) is 4.79 Å². The topological polar surface area (TPSA) is 85.8 Å². The average Bonchev–Trinajstić information content (AvgIpc) is 2.60. The monoisotopic (exact) mass is 334 g/mol. The van der Waals surface area contributed by atoms with Gasteiger partial charge in [0, 0.05) is 51.3 Å². The summed E-state index contributed by atoms with van der Waals surface area (Å²) in [5.41, 5.74) is 1.22. The molecule has 132 valence electrons. The summed E-state index contributed by atoms with van der Waals surface area (Å²) in [4.78, 5) is 30.3. The molecule has 1 aliphatic heterocycles. The lowest BCUT2D eigenvalue weighted by Crippen LogP contribution is -2.40. The van der Waals surface area contributed by atoms with E-state index in [-0.39, 0.29) is 19.0 Å². The Bertz CT molecular complexity index is 530. The molecule has 2 rings (SSSR count). The van der Waals surface area contributed by atoms with Gasteiger partial charge in [-0.25, -0.2) is 4.79 Å². The first kappa shape index (κ1) is 18.0. The summed E-state index contributed by atoms with van der Waals surface area (Å²) in [6.45, 7) is 2.92. The second kappa shape index (κ2) is 9.10. The van der Waals surface area contributed by atoms with Gasteiger partial charge in [-0.1, -0.05) is 0 Å². The zero-order valence-corrected chi connectivity index (χ0v) is 14.1. The quantitative estimate of drug-likeness (QED) is 0.794. The molecule has 0 bridgehead atoms. The number of urea groups is 1. The van der Waals surface area contributed by atoms with E-state index >= 15 is 0 Å². The van der Waals surface area contributed by atoms with Gasteiger partial charge in [-0.3, -0.25) is 9.78 Å². The van der Waals surface area contributed by atoms with Gasteiger partial charge in [-0.2, -0.15) is 0 Å². The van der Waals surface area contributed by atoms with Crippen LogP contribution in [0.1, 0.15) is 25.7 Å². The molecule has 1 aromatic rings. The van der Waals surface area contributed by atoms with Gasteiger partial charge in [0.15, 0.2) is 0 Å². The van der Waals surface area contributed by atoms with Crippen molar-refractivity contribution in [1.82, 2.24) is 15.2 Å². The highest BCUT2D eigenvalue weighted by Crippen LogP contribution is 2.24. The summed E-state index contributed by atoms with van der Waals surface area (Å²) in [6, 6.07) is 3.87. The molecule has 0 radical (unpaired) electrons. The highest BCUT2D eigenvalue weighted by molar-refractivity contribution is 5.74. The van der Waals surface area contributed by atoms with Gasteiger partial charge in [0.1, 0.15) is 0 Å². The third-order valence-electron chi connectivity index (χ3n) is 4.48. The molecule has 0 atom stereocenters. The zero-order chi connectivity index (χ0) is 17.4. The molecule has 0 unspecified atom stereocenters. The molecule has 1 fully saturated rings. The molecule has 1 saturated heterocycles. The lowest BCUT2D eigenvalue weighted by molar-refractivity contribution is -0.136. The summed E-state index contributed by atoms with van der Waals surface area (Å²) in [7, 11) is 1.75. The summed E-state index contributed by atoms with van der Waals surface area (Å²) >= 11 is 0. The Morgan fingerprint density at radius 3 is 2.62 bits per heavy atom. The fourth-order valence-electron chi connectivity index (χ4n) is 2.92. The highest BCUT2D eigenvalue weighted by atomic mass is 16.4. The standard InChI is InChI=1S/C17H26N4O3/c1-20(17(24)19-10-4-16(22)23)11-5-14-6-12-21(13-7-14)15-2-8-18-9-3-15/h2-3,8-9,14H,4-7,10-13H2,1H3,(H,19,24)(H,22,23). The van der Waals surface area contributed by atoms with E-state index in [4.69, 9.17) is 5.11 Å². The highest BCUT2D eigenvalue weighted by Gasteiger charge is 2.20. The molecular weight excluding hydrogens is 308 g/mol. The Balaban J connectivity index is 1.65. The molecule has 1 aromatic heterocycles. The predicted molar refractivity (Wildman–Crippen MR) is 92.1 cm³/mol. The number of pyridine rings is 1. The summed E-state index contributed by atoms with van der Waals surface area (Å²) in [5, 5.41) is 11.2. The van der Waals surface area contributed by atoms with Crippen LogP contribution in [0.2, 0.25) is 0 Å². The smallest absolute Gasteiger partial charge is 0.317 e. The number of carbonyl (C=O) groups excluding carboxylic acids is 1.